The Kier molecular flexibility index (Phi) is 6.85. The second kappa shape index (κ2) is 9.80. The Hall–Kier alpha value is -3.10. The molecule has 0 aromatic heterocycles. The van der Waals surface area contributed by atoms with Crippen LogP contribution in [0.15, 0.2) is 83.8 Å². The lowest BCUT2D eigenvalue weighted by atomic mass is 9.88. The summed E-state index contributed by atoms with van der Waals surface area (Å²) in [5, 5.41) is 0. The molecule has 0 unspecified atom stereocenters. The van der Waals surface area contributed by atoms with Gasteiger partial charge in [0.2, 0.25) is 15.9 Å². The number of carbonyl (C=O) groups excluding carboxylic acids is 1. The highest BCUT2D eigenvalue weighted by molar-refractivity contribution is 7.89. The van der Waals surface area contributed by atoms with Crippen LogP contribution in [0.1, 0.15) is 23.5 Å². The van der Waals surface area contributed by atoms with Gasteiger partial charge in [-0.3, -0.25) is 4.79 Å². The third-order valence-electron chi connectivity index (χ3n) is 5.89. The number of hydrogen-bond donors (Lipinski definition) is 0. The predicted octanol–water partition coefficient (Wildman–Crippen LogP) is 4.02. The van der Waals surface area contributed by atoms with Gasteiger partial charge < -0.3 is 4.90 Å². The highest BCUT2D eigenvalue weighted by atomic mass is 32.2. The van der Waals surface area contributed by atoms with Crippen molar-refractivity contribution in [3.05, 3.63) is 102 Å². The highest BCUT2D eigenvalue weighted by Gasteiger charge is 2.32. The minimum absolute atomic E-state index is 0.0478. The molecule has 0 atom stereocenters. The maximum atomic E-state index is 14.1. The van der Waals surface area contributed by atoms with E-state index in [9.17, 15) is 22.0 Å². The van der Waals surface area contributed by atoms with Crippen molar-refractivity contribution in [2.75, 3.05) is 26.2 Å². The summed E-state index contributed by atoms with van der Waals surface area (Å²) in [5.41, 5.74) is 2.06. The smallest absolute Gasteiger partial charge is 0.246 e. The van der Waals surface area contributed by atoms with Crippen molar-refractivity contribution >= 4 is 15.9 Å². The molecule has 0 radical (unpaired) electrons. The molecule has 8 heteroatoms. The van der Waals surface area contributed by atoms with Gasteiger partial charge in [-0.25, -0.2) is 17.2 Å². The fraction of sp³-hybridized carbons (Fsp3) is 0.240. The molecule has 0 aliphatic carbocycles. The Morgan fingerprint density at radius 3 is 1.88 bits per heavy atom. The second-order valence-electron chi connectivity index (χ2n) is 7.94. The first-order valence-electron chi connectivity index (χ1n) is 10.7. The van der Waals surface area contributed by atoms with E-state index < -0.39 is 26.6 Å². The van der Waals surface area contributed by atoms with Gasteiger partial charge in [0, 0.05) is 44.6 Å². The van der Waals surface area contributed by atoms with Crippen LogP contribution in [0.5, 0.6) is 0 Å². The molecule has 1 heterocycles. The Morgan fingerprint density at radius 2 is 1.36 bits per heavy atom. The standard InChI is InChI=1S/C25H24F2N2O3S/c26-21-11-12-24(23(27)17-21)33(31,32)29-15-13-28(14-16-29)25(30)18-22(19-7-3-1-4-8-19)20-9-5-2-6-10-20/h1-12,17,22H,13-16,18H2. The molecule has 0 N–H and O–H groups in total. The molecule has 33 heavy (non-hydrogen) atoms. The molecule has 172 valence electrons. The number of carbonyl (C=O) groups is 1. The SMILES string of the molecule is O=C(CC(c1ccccc1)c1ccccc1)N1CCN(S(=O)(=O)c2ccc(F)cc2F)CC1. The fourth-order valence-electron chi connectivity index (χ4n) is 4.10. The number of piperazine rings is 1. The first kappa shape index (κ1) is 23.1. The van der Waals surface area contributed by atoms with Crippen LogP contribution in [0.3, 0.4) is 0 Å². The van der Waals surface area contributed by atoms with Crippen molar-refractivity contribution in [3.8, 4) is 0 Å². The van der Waals surface area contributed by atoms with Gasteiger partial charge in [-0.15, -0.1) is 0 Å². The monoisotopic (exact) mass is 470 g/mol. The van der Waals surface area contributed by atoms with Crippen LogP contribution in [0.4, 0.5) is 8.78 Å². The maximum Gasteiger partial charge on any atom is 0.246 e. The van der Waals surface area contributed by atoms with Crippen LogP contribution in [0, 0.1) is 11.6 Å². The Bertz CT molecular complexity index is 1170. The van der Waals surface area contributed by atoms with Crippen LogP contribution >= 0.6 is 0 Å². The van der Waals surface area contributed by atoms with Crippen molar-refractivity contribution in [3.63, 3.8) is 0 Å². The van der Waals surface area contributed by atoms with E-state index >= 15 is 0 Å². The summed E-state index contributed by atoms with van der Waals surface area (Å²) >= 11 is 0. The van der Waals surface area contributed by atoms with Gasteiger partial charge in [0.25, 0.3) is 0 Å². The lowest BCUT2D eigenvalue weighted by Gasteiger charge is -2.35. The van der Waals surface area contributed by atoms with Gasteiger partial charge in [0.05, 0.1) is 0 Å². The molecule has 1 amide bonds. The summed E-state index contributed by atoms with van der Waals surface area (Å²) in [6, 6.07) is 22.0. The predicted molar refractivity (Wildman–Crippen MR) is 121 cm³/mol. The molecule has 5 nitrogen and oxygen atoms in total. The van der Waals surface area contributed by atoms with Crippen molar-refractivity contribution in [1.82, 2.24) is 9.21 Å². The zero-order chi connectivity index (χ0) is 23.4. The van der Waals surface area contributed by atoms with E-state index in [2.05, 4.69) is 0 Å². The van der Waals surface area contributed by atoms with E-state index in [1.807, 2.05) is 60.7 Å². The molecule has 1 saturated heterocycles. The molecule has 1 aliphatic heterocycles. The number of benzene rings is 3. The van der Waals surface area contributed by atoms with E-state index in [1.165, 1.54) is 0 Å². The lowest BCUT2D eigenvalue weighted by molar-refractivity contribution is -0.132. The average molecular weight is 471 g/mol. The van der Waals surface area contributed by atoms with Crippen molar-refractivity contribution in [1.29, 1.82) is 0 Å². The summed E-state index contributed by atoms with van der Waals surface area (Å²) < 4.78 is 54.0. The van der Waals surface area contributed by atoms with E-state index in [1.54, 1.807) is 4.90 Å². The van der Waals surface area contributed by atoms with E-state index in [0.717, 1.165) is 27.6 Å². The summed E-state index contributed by atoms with van der Waals surface area (Å²) in [6.07, 6.45) is 0.257. The van der Waals surface area contributed by atoms with Gasteiger partial charge in [-0.2, -0.15) is 4.31 Å². The topological polar surface area (TPSA) is 57.7 Å². The molecule has 0 saturated carbocycles. The molecule has 1 aliphatic rings. The summed E-state index contributed by atoms with van der Waals surface area (Å²) in [7, 11) is -4.11. The summed E-state index contributed by atoms with van der Waals surface area (Å²) in [5.74, 6) is -2.15. The summed E-state index contributed by atoms with van der Waals surface area (Å²) in [6.45, 7) is 0.507. The summed E-state index contributed by atoms with van der Waals surface area (Å²) in [4.78, 5) is 14.2. The van der Waals surface area contributed by atoms with Gasteiger partial charge >= 0.3 is 0 Å². The minimum atomic E-state index is -4.11. The molecule has 0 spiro atoms. The molecular formula is C25H24F2N2O3S. The quantitative estimate of drug-likeness (QED) is 0.547. The number of hydrogen-bond acceptors (Lipinski definition) is 3. The van der Waals surface area contributed by atoms with Crippen molar-refractivity contribution in [2.45, 2.75) is 17.2 Å². The third-order valence-corrected chi connectivity index (χ3v) is 7.82. The molecule has 3 aromatic rings. The first-order chi connectivity index (χ1) is 15.9. The largest absolute Gasteiger partial charge is 0.340 e. The van der Waals surface area contributed by atoms with Crippen LogP contribution in [-0.2, 0) is 14.8 Å². The first-order valence-corrected chi connectivity index (χ1v) is 12.1. The van der Waals surface area contributed by atoms with Gasteiger partial charge in [0.1, 0.15) is 16.5 Å². The van der Waals surface area contributed by atoms with Crippen LogP contribution in [0.2, 0.25) is 0 Å². The van der Waals surface area contributed by atoms with Crippen molar-refractivity contribution < 1.29 is 22.0 Å². The lowest BCUT2D eigenvalue weighted by Crippen LogP contribution is -2.50. The molecule has 0 bridgehead atoms. The zero-order valence-electron chi connectivity index (χ0n) is 17.9. The Labute approximate surface area is 192 Å². The highest BCUT2D eigenvalue weighted by Crippen LogP contribution is 2.29. The number of amides is 1. The number of nitrogens with zero attached hydrogens (tertiary/aromatic N) is 2. The van der Waals surface area contributed by atoms with Gasteiger partial charge in [-0.05, 0) is 23.3 Å². The molecular weight excluding hydrogens is 446 g/mol. The second-order valence-corrected chi connectivity index (χ2v) is 9.84. The Morgan fingerprint density at radius 1 is 0.818 bits per heavy atom. The van der Waals surface area contributed by atoms with E-state index in [0.29, 0.717) is 6.07 Å². The Balaban J connectivity index is 1.45. The van der Waals surface area contributed by atoms with Crippen molar-refractivity contribution in [2.24, 2.45) is 0 Å². The average Bonchev–Trinajstić information content (AvgIpc) is 2.83. The van der Waals surface area contributed by atoms with Crippen LogP contribution in [0.25, 0.3) is 0 Å². The van der Waals surface area contributed by atoms with E-state index in [4.69, 9.17) is 0 Å². The number of rotatable bonds is 6. The number of sulfonamides is 1. The van der Waals surface area contributed by atoms with E-state index in [-0.39, 0.29) is 44.4 Å². The zero-order valence-corrected chi connectivity index (χ0v) is 18.7. The van der Waals surface area contributed by atoms with Crippen LogP contribution < -0.4 is 0 Å². The molecule has 1 fully saturated rings. The molecule has 4 rings (SSSR count). The maximum absolute atomic E-state index is 14.1. The fourth-order valence-corrected chi connectivity index (χ4v) is 5.57. The normalized spacial score (nSPS) is 15.1. The van der Waals surface area contributed by atoms with Crippen LogP contribution in [-0.4, -0.2) is 49.7 Å². The number of halogens is 2. The van der Waals surface area contributed by atoms with Gasteiger partial charge in [-0.1, -0.05) is 60.7 Å². The molecule has 3 aromatic carbocycles. The third kappa shape index (κ3) is 5.12. The minimum Gasteiger partial charge on any atom is -0.340 e. The van der Waals surface area contributed by atoms with Gasteiger partial charge in [0.15, 0.2) is 0 Å².